The number of pyridine rings is 1. The maximum absolute atomic E-state index is 15.0. The van der Waals surface area contributed by atoms with Crippen molar-refractivity contribution in [1.82, 2.24) is 20.1 Å². The highest BCUT2D eigenvalue weighted by atomic mass is 79.9. The number of alkyl halides is 1. The molecule has 2 aromatic rings. The SMILES string of the molecule is O=C(O)N1CCCC(F)(c2nnc(-c3ccnc(Br)c3)o2)C1. The van der Waals surface area contributed by atoms with Crippen LogP contribution in [0.2, 0.25) is 0 Å². The van der Waals surface area contributed by atoms with Gasteiger partial charge in [0, 0.05) is 18.3 Å². The van der Waals surface area contributed by atoms with Gasteiger partial charge >= 0.3 is 6.09 Å². The molecule has 116 valence electrons. The molecule has 0 aliphatic carbocycles. The van der Waals surface area contributed by atoms with E-state index in [0.717, 1.165) is 4.90 Å². The number of aromatic nitrogens is 3. The van der Waals surface area contributed by atoms with Crippen molar-refractivity contribution in [2.45, 2.75) is 18.5 Å². The zero-order chi connectivity index (χ0) is 15.7. The third kappa shape index (κ3) is 2.80. The molecule has 0 saturated carbocycles. The predicted octanol–water partition coefficient (Wildman–Crippen LogP) is 2.83. The van der Waals surface area contributed by atoms with Gasteiger partial charge in [0.15, 0.2) is 0 Å². The van der Waals surface area contributed by atoms with E-state index < -0.39 is 11.8 Å². The van der Waals surface area contributed by atoms with Gasteiger partial charge in [0.25, 0.3) is 5.89 Å². The van der Waals surface area contributed by atoms with Gasteiger partial charge in [-0.2, -0.15) is 0 Å². The number of rotatable bonds is 2. The fraction of sp³-hybridized carbons (Fsp3) is 0.385. The highest BCUT2D eigenvalue weighted by molar-refractivity contribution is 9.10. The number of likely N-dealkylation sites (tertiary alicyclic amines) is 1. The summed E-state index contributed by atoms with van der Waals surface area (Å²) in [4.78, 5) is 16.0. The Hall–Kier alpha value is -2.03. The summed E-state index contributed by atoms with van der Waals surface area (Å²) >= 11 is 3.23. The quantitative estimate of drug-likeness (QED) is 0.817. The highest BCUT2D eigenvalue weighted by Gasteiger charge is 2.43. The largest absolute Gasteiger partial charge is 0.465 e. The molecule has 0 bridgehead atoms. The van der Waals surface area contributed by atoms with Crippen LogP contribution in [0, 0.1) is 0 Å². The van der Waals surface area contributed by atoms with Crippen LogP contribution in [-0.2, 0) is 5.67 Å². The summed E-state index contributed by atoms with van der Waals surface area (Å²) in [6.45, 7) is 0.00328. The molecule has 1 saturated heterocycles. The average Bonchev–Trinajstić information content (AvgIpc) is 2.98. The van der Waals surface area contributed by atoms with Gasteiger partial charge in [-0.3, -0.25) is 0 Å². The summed E-state index contributed by atoms with van der Waals surface area (Å²) in [5.41, 5.74) is -1.35. The van der Waals surface area contributed by atoms with Gasteiger partial charge in [-0.25, -0.2) is 14.2 Å². The molecule has 3 rings (SSSR count). The maximum Gasteiger partial charge on any atom is 0.407 e. The van der Waals surface area contributed by atoms with Gasteiger partial charge in [-0.15, -0.1) is 10.2 Å². The minimum absolute atomic E-state index is 0.151. The van der Waals surface area contributed by atoms with Crippen LogP contribution in [0.25, 0.3) is 11.5 Å². The fourth-order valence-corrected chi connectivity index (χ4v) is 2.77. The summed E-state index contributed by atoms with van der Waals surface area (Å²) in [6, 6.07) is 3.34. The van der Waals surface area contributed by atoms with Gasteiger partial charge in [-0.05, 0) is 40.9 Å². The van der Waals surface area contributed by atoms with Crippen molar-refractivity contribution in [2.75, 3.05) is 13.1 Å². The smallest absolute Gasteiger partial charge is 0.407 e. The standard InChI is InChI=1S/C13H12BrFN4O3/c14-9-6-8(2-4-16-9)10-17-18-11(22-10)13(15)3-1-5-19(7-13)12(20)21/h2,4,6H,1,3,5,7H2,(H,20,21). The lowest BCUT2D eigenvalue weighted by molar-refractivity contribution is 0.0239. The van der Waals surface area contributed by atoms with Crippen molar-refractivity contribution >= 4 is 22.0 Å². The van der Waals surface area contributed by atoms with Gasteiger partial charge in [0.05, 0.1) is 6.54 Å². The lowest BCUT2D eigenvalue weighted by Crippen LogP contribution is -2.46. The first-order chi connectivity index (χ1) is 10.5. The minimum Gasteiger partial charge on any atom is -0.465 e. The lowest BCUT2D eigenvalue weighted by Gasteiger charge is -2.33. The molecule has 1 atom stereocenters. The predicted molar refractivity (Wildman–Crippen MR) is 76.8 cm³/mol. The Labute approximate surface area is 133 Å². The second-order valence-corrected chi connectivity index (χ2v) is 5.87. The summed E-state index contributed by atoms with van der Waals surface area (Å²) < 4.78 is 21.0. The Bertz CT molecular complexity index is 710. The van der Waals surface area contributed by atoms with Gasteiger partial charge in [0.2, 0.25) is 11.6 Å². The zero-order valence-corrected chi connectivity index (χ0v) is 13.0. The molecular formula is C13H12BrFN4O3. The number of piperidine rings is 1. The summed E-state index contributed by atoms with van der Waals surface area (Å²) in [6.07, 6.45) is 0.959. The van der Waals surface area contributed by atoms with E-state index in [1.165, 1.54) is 0 Å². The van der Waals surface area contributed by atoms with Crippen molar-refractivity contribution in [2.24, 2.45) is 0 Å². The monoisotopic (exact) mass is 370 g/mol. The van der Waals surface area contributed by atoms with Crippen molar-refractivity contribution in [3.05, 3.63) is 28.8 Å². The summed E-state index contributed by atoms with van der Waals surface area (Å²) in [7, 11) is 0. The molecule has 0 radical (unpaired) electrons. The van der Waals surface area contributed by atoms with Crippen LogP contribution >= 0.6 is 15.9 Å². The molecule has 1 aliphatic heterocycles. The van der Waals surface area contributed by atoms with E-state index in [9.17, 15) is 4.79 Å². The second kappa shape index (κ2) is 5.64. The van der Waals surface area contributed by atoms with Crippen LogP contribution in [0.3, 0.4) is 0 Å². The number of hydrogen-bond donors (Lipinski definition) is 1. The van der Waals surface area contributed by atoms with E-state index in [1.807, 2.05) is 0 Å². The van der Waals surface area contributed by atoms with Crippen LogP contribution < -0.4 is 0 Å². The van der Waals surface area contributed by atoms with E-state index in [4.69, 9.17) is 9.52 Å². The lowest BCUT2D eigenvalue weighted by atomic mass is 9.95. The Balaban J connectivity index is 1.88. The summed E-state index contributed by atoms with van der Waals surface area (Å²) in [5.74, 6) is -0.0241. The van der Waals surface area contributed by atoms with Crippen LogP contribution in [0.4, 0.5) is 9.18 Å². The van der Waals surface area contributed by atoms with Gasteiger partial charge < -0.3 is 14.4 Å². The number of halogens is 2. The van der Waals surface area contributed by atoms with E-state index in [-0.39, 0.29) is 24.7 Å². The maximum atomic E-state index is 15.0. The van der Waals surface area contributed by atoms with Gasteiger partial charge in [-0.1, -0.05) is 0 Å². The number of carboxylic acid groups (broad SMARTS) is 1. The first-order valence-electron chi connectivity index (χ1n) is 6.61. The normalized spacial score (nSPS) is 21.8. The zero-order valence-electron chi connectivity index (χ0n) is 11.4. The number of nitrogens with zero attached hydrogens (tertiary/aromatic N) is 4. The highest BCUT2D eigenvalue weighted by Crippen LogP contribution is 2.36. The molecule has 1 unspecified atom stereocenters. The molecule has 22 heavy (non-hydrogen) atoms. The first-order valence-corrected chi connectivity index (χ1v) is 7.40. The van der Waals surface area contributed by atoms with Crippen LogP contribution in [0.1, 0.15) is 18.7 Å². The molecule has 9 heteroatoms. The molecular weight excluding hydrogens is 359 g/mol. The van der Waals surface area contributed by atoms with E-state index in [2.05, 4.69) is 31.1 Å². The summed E-state index contributed by atoms with van der Waals surface area (Å²) in [5, 5.41) is 16.6. The topological polar surface area (TPSA) is 92.3 Å². The van der Waals surface area contributed by atoms with Crippen molar-refractivity contribution in [3.63, 3.8) is 0 Å². The Morgan fingerprint density at radius 1 is 1.50 bits per heavy atom. The molecule has 7 nitrogen and oxygen atoms in total. The van der Waals surface area contributed by atoms with E-state index >= 15 is 4.39 Å². The average molecular weight is 371 g/mol. The molecule has 1 amide bonds. The number of hydrogen-bond acceptors (Lipinski definition) is 5. The van der Waals surface area contributed by atoms with E-state index in [0.29, 0.717) is 23.1 Å². The van der Waals surface area contributed by atoms with Crippen LogP contribution in [0.5, 0.6) is 0 Å². The van der Waals surface area contributed by atoms with Crippen molar-refractivity contribution in [1.29, 1.82) is 0 Å². The Morgan fingerprint density at radius 2 is 2.32 bits per heavy atom. The van der Waals surface area contributed by atoms with Crippen molar-refractivity contribution < 1.29 is 18.7 Å². The molecule has 1 N–H and O–H groups in total. The second-order valence-electron chi connectivity index (χ2n) is 5.05. The number of amides is 1. The fourth-order valence-electron chi connectivity index (χ4n) is 2.41. The molecule has 0 aromatic carbocycles. The molecule has 0 spiro atoms. The minimum atomic E-state index is -1.95. The molecule has 3 heterocycles. The van der Waals surface area contributed by atoms with Crippen LogP contribution in [0.15, 0.2) is 27.3 Å². The Kier molecular flexibility index (Phi) is 3.81. The van der Waals surface area contributed by atoms with Crippen LogP contribution in [-0.4, -0.2) is 44.4 Å². The van der Waals surface area contributed by atoms with Crippen molar-refractivity contribution in [3.8, 4) is 11.5 Å². The van der Waals surface area contributed by atoms with Gasteiger partial charge in [0.1, 0.15) is 4.60 Å². The third-order valence-electron chi connectivity index (χ3n) is 3.49. The molecule has 2 aromatic heterocycles. The Morgan fingerprint density at radius 3 is 3.05 bits per heavy atom. The number of carbonyl (C=O) groups is 1. The first kappa shape index (κ1) is 14.9. The van der Waals surface area contributed by atoms with E-state index in [1.54, 1.807) is 18.3 Å². The molecule has 1 fully saturated rings. The molecule has 1 aliphatic rings. The third-order valence-corrected chi connectivity index (χ3v) is 3.93.